The molecule has 4 aromatic carbocycles. The number of ketones is 1. The predicted octanol–water partition coefficient (Wildman–Crippen LogP) is 12.1. The van der Waals surface area contributed by atoms with Gasteiger partial charge in [-0.2, -0.15) is 11.3 Å². The Labute approximate surface area is 310 Å². The van der Waals surface area contributed by atoms with Crippen LogP contribution in [0.5, 0.6) is 0 Å². The Kier molecular flexibility index (Phi) is 13.3. The molecule has 3 nitrogen and oxygen atoms in total. The van der Waals surface area contributed by atoms with E-state index in [0.29, 0.717) is 0 Å². The third kappa shape index (κ3) is 8.85. The Hall–Kier alpha value is -3.41. The number of aromatic nitrogens is 1. The molecule has 0 aliphatic heterocycles. The summed E-state index contributed by atoms with van der Waals surface area (Å²) < 4.78 is 2.58. The molecule has 0 atom stereocenters. The van der Waals surface area contributed by atoms with E-state index in [1.807, 2.05) is 39.0 Å². The molecule has 1 N–H and O–H groups in total. The Bertz CT molecular complexity index is 2050. The number of aliphatic hydroxyl groups is 1. The molecule has 0 unspecified atom stereocenters. The van der Waals surface area contributed by atoms with Gasteiger partial charge in [0.05, 0.1) is 19.3 Å². The van der Waals surface area contributed by atoms with Crippen molar-refractivity contribution in [3.8, 4) is 22.4 Å². The molecule has 2 aromatic heterocycles. The molecule has 2 heterocycles. The van der Waals surface area contributed by atoms with E-state index in [-0.39, 0.29) is 43.5 Å². The summed E-state index contributed by atoms with van der Waals surface area (Å²) in [7, 11) is -1.43. The first-order valence-corrected chi connectivity index (χ1v) is 21.7. The summed E-state index contributed by atoms with van der Waals surface area (Å²) in [6, 6.07) is 36.3. The van der Waals surface area contributed by atoms with E-state index >= 15 is 0 Å². The number of hydrogen-bond donors (Lipinski definition) is 1. The molecule has 6 rings (SSSR count). The van der Waals surface area contributed by atoms with E-state index in [1.54, 1.807) is 0 Å². The molecule has 0 saturated carbocycles. The first kappa shape index (κ1) is 38.4. The Morgan fingerprint density at radius 2 is 1.45 bits per heavy atom. The van der Waals surface area contributed by atoms with Crippen LogP contribution in [0.1, 0.15) is 53.4 Å². The third-order valence-electron chi connectivity index (χ3n) is 9.43. The zero-order chi connectivity index (χ0) is 34.4. The van der Waals surface area contributed by atoms with Crippen molar-refractivity contribution in [1.82, 2.24) is 4.98 Å². The normalized spacial score (nSPS) is 12.0. The molecule has 0 spiro atoms. The van der Waals surface area contributed by atoms with Crippen molar-refractivity contribution in [2.75, 3.05) is 0 Å². The van der Waals surface area contributed by atoms with E-state index in [1.165, 1.54) is 47.9 Å². The zero-order valence-electron chi connectivity index (χ0n) is 29.8. The fourth-order valence-electron chi connectivity index (χ4n) is 6.28. The maximum atomic E-state index is 11.7. The number of pyridine rings is 1. The summed E-state index contributed by atoms with van der Waals surface area (Å²) in [5.74, 6) is 0.547. The van der Waals surface area contributed by atoms with Crippen LogP contribution in [0.3, 0.4) is 0 Å². The second-order valence-corrected chi connectivity index (χ2v) is 19.8. The molecule has 0 saturated heterocycles. The van der Waals surface area contributed by atoms with Crippen molar-refractivity contribution in [3.05, 3.63) is 109 Å². The molecular formula is C43H48IrNO2SSi-. The largest absolute Gasteiger partial charge is 0.512 e. The predicted molar refractivity (Wildman–Crippen MR) is 211 cm³/mol. The van der Waals surface area contributed by atoms with Gasteiger partial charge >= 0.3 is 0 Å². The van der Waals surface area contributed by atoms with E-state index < -0.39 is 8.07 Å². The first-order valence-electron chi connectivity index (χ1n) is 17.4. The van der Waals surface area contributed by atoms with Crippen LogP contribution in [-0.2, 0) is 24.9 Å². The molecule has 257 valence electrons. The van der Waals surface area contributed by atoms with Gasteiger partial charge in [0.1, 0.15) is 0 Å². The van der Waals surface area contributed by atoms with Gasteiger partial charge in [-0.3, -0.25) is 9.78 Å². The molecule has 0 aliphatic carbocycles. The maximum absolute atomic E-state index is 11.7. The number of hydrogen-bond acceptors (Lipinski definition) is 4. The van der Waals surface area contributed by atoms with Crippen LogP contribution in [0, 0.1) is 17.9 Å². The quantitative estimate of drug-likeness (QED) is 0.0646. The van der Waals surface area contributed by atoms with Gasteiger partial charge in [-0.15, -0.1) is 23.8 Å². The van der Waals surface area contributed by atoms with Crippen molar-refractivity contribution in [3.63, 3.8) is 0 Å². The SMILES string of the molecule is CCC(CC)C(=O)/C=C(\O)C(CC)CC.C[Si](C)(C)c1ccc2nc(-c3[c-]cc4sc5ccccc5c4c3)cc(-c3ccccc3)c2c1.[Ir]. The van der Waals surface area contributed by atoms with Crippen LogP contribution >= 0.6 is 11.3 Å². The Morgan fingerprint density at radius 3 is 2.10 bits per heavy atom. The number of benzene rings is 4. The number of fused-ring (bicyclic) bond motifs is 4. The number of carbonyl (C=O) groups excluding carboxylic acids is 1. The number of carbonyl (C=O) groups is 1. The minimum Gasteiger partial charge on any atom is -0.512 e. The summed E-state index contributed by atoms with van der Waals surface area (Å²) in [4.78, 5) is 16.8. The van der Waals surface area contributed by atoms with Crippen LogP contribution < -0.4 is 5.19 Å². The summed E-state index contributed by atoms with van der Waals surface area (Å²) in [6.07, 6.45) is 4.91. The average Bonchev–Trinajstić information content (AvgIpc) is 3.47. The number of aliphatic hydroxyl groups excluding tert-OH is 1. The van der Waals surface area contributed by atoms with Crippen LogP contribution in [0.2, 0.25) is 19.6 Å². The smallest absolute Gasteiger partial charge is 0.162 e. The monoisotopic (exact) mass is 863 g/mol. The maximum Gasteiger partial charge on any atom is 0.162 e. The van der Waals surface area contributed by atoms with Crippen LogP contribution in [0.4, 0.5) is 0 Å². The standard InChI is InChI=1S/C30H24NSSi.C13H24O2.Ir/c1-33(2,3)22-14-15-27-25(18-22)24(20-9-5-4-6-10-20)19-28(31-27)21-13-16-30-26(17-21)23-11-7-8-12-29(23)32-30;1-5-10(6-2)12(14)9-13(15)11(7-3)8-4;/h4-12,14-19H,1-3H3;9-11,14H,5-8H2,1-4H3;/q-1;;/b;12-9-;. The number of rotatable bonds is 10. The topological polar surface area (TPSA) is 50.2 Å². The third-order valence-corrected chi connectivity index (χ3v) is 12.6. The number of allylic oxidation sites excluding steroid dienone is 2. The summed E-state index contributed by atoms with van der Waals surface area (Å²) >= 11 is 1.82. The van der Waals surface area contributed by atoms with Crippen LogP contribution in [0.25, 0.3) is 53.5 Å². The minimum absolute atomic E-state index is 0. The molecule has 0 bridgehead atoms. The van der Waals surface area contributed by atoms with E-state index in [0.717, 1.165) is 42.5 Å². The van der Waals surface area contributed by atoms with Crippen molar-refractivity contribution in [2.24, 2.45) is 11.8 Å². The molecular weight excluding hydrogens is 815 g/mol. The zero-order valence-corrected chi connectivity index (χ0v) is 34.0. The summed E-state index contributed by atoms with van der Waals surface area (Å²) in [5, 5.41) is 15.0. The van der Waals surface area contributed by atoms with Gasteiger partial charge in [-0.05, 0) is 64.7 Å². The molecule has 0 fully saturated rings. The summed E-state index contributed by atoms with van der Waals surface area (Å²) in [6.45, 7) is 15.3. The second-order valence-electron chi connectivity index (χ2n) is 13.6. The van der Waals surface area contributed by atoms with Crippen molar-refractivity contribution in [1.29, 1.82) is 0 Å². The minimum atomic E-state index is -1.43. The second kappa shape index (κ2) is 17.0. The molecule has 6 heteroatoms. The average molecular weight is 863 g/mol. The van der Waals surface area contributed by atoms with Gasteiger partial charge < -0.3 is 5.11 Å². The van der Waals surface area contributed by atoms with Gasteiger partial charge in [-0.25, -0.2) is 0 Å². The van der Waals surface area contributed by atoms with Crippen LogP contribution in [-0.4, -0.2) is 23.9 Å². The van der Waals surface area contributed by atoms with Gasteiger partial charge in [0.25, 0.3) is 0 Å². The summed E-state index contributed by atoms with van der Waals surface area (Å²) in [5.41, 5.74) is 5.51. The molecule has 0 aliphatic rings. The van der Waals surface area contributed by atoms with Crippen LogP contribution in [0.15, 0.2) is 103 Å². The number of nitrogens with zero attached hydrogens (tertiary/aromatic N) is 1. The first-order chi connectivity index (χ1) is 23.1. The van der Waals surface area contributed by atoms with Crippen molar-refractivity contribution < 1.29 is 30.0 Å². The van der Waals surface area contributed by atoms with Gasteiger partial charge in [-0.1, -0.05) is 125 Å². The van der Waals surface area contributed by atoms with Crippen molar-refractivity contribution in [2.45, 2.75) is 73.0 Å². The fourth-order valence-corrected chi connectivity index (χ4v) is 8.51. The van der Waals surface area contributed by atoms with E-state index in [4.69, 9.17) is 4.98 Å². The van der Waals surface area contributed by atoms with E-state index in [2.05, 4.69) is 117 Å². The van der Waals surface area contributed by atoms with Gasteiger partial charge in [0, 0.05) is 48.1 Å². The molecule has 49 heavy (non-hydrogen) atoms. The van der Waals surface area contributed by atoms with Crippen molar-refractivity contribution >= 4 is 61.5 Å². The Balaban J connectivity index is 0.000000290. The molecule has 6 aromatic rings. The Morgan fingerprint density at radius 1 is 0.796 bits per heavy atom. The number of thiophene rings is 1. The molecule has 0 amide bonds. The van der Waals surface area contributed by atoms with E-state index in [9.17, 15) is 9.90 Å². The molecule has 1 radical (unpaired) electrons. The van der Waals surface area contributed by atoms with Gasteiger partial charge in [0.2, 0.25) is 0 Å². The van der Waals surface area contributed by atoms with Gasteiger partial charge in [0.15, 0.2) is 5.78 Å². The fraction of sp³-hybridized carbons (Fsp3) is 0.302.